The summed E-state index contributed by atoms with van der Waals surface area (Å²) in [5.41, 5.74) is 3.50. The van der Waals surface area contributed by atoms with Crippen molar-refractivity contribution in [1.82, 2.24) is 0 Å². The zero-order valence-corrected chi connectivity index (χ0v) is 9.93. The second kappa shape index (κ2) is 5.17. The van der Waals surface area contributed by atoms with Gasteiger partial charge in [-0.1, -0.05) is 36.4 Å². The molecule has 2 rings (SSSR count). The molecular formula is C14H13FS. The van der Waals surface area contributed by atoms with Gasteiger partial charge in [0.2, 0.25) is 0 Å². The molecule has 0 nitrogen and oxygen atoms in total. The fourth-order valence-corrected chi connectivity index (χ4v) is 2.16. The van der Waals surface area contributed by atoms with Crippen LogP contribution in [-0.4, -0.2) is 6.26 Å². The highest BCUT2D eigenvalue weighted by Gasteiger charge is 1.99. The minimum absolute atomic E-state index is 0.191. The number of benzene rings is 2. The lowest BCUT2D eigenvalue weighted by Gasteiger charge is -2.04. The highest BCUT2D eigenvalue weighted by Crippen LogP contribution is 2.22. The molecule has 0 aliphatic carbocycles. The fraction of sp³-hybridized carbons (Fsp3) is 0.143. The van der Waals surface area contributed by atoms with Crippen molar-refractivity contribution in [1.29, 1.82) is 0 Å². The molecule has 0 amide bonds. The van der Waals surface area contributed by atoms with Crippen LogP contribution in [0.1, 0.15) is 5.56 Å². The van der Waals surface area contributed by atoms with Gasteiger partial charge in [0.15, 0.2) is 0 Å². The second-order valence-electron chi connectivity index (χ2n) is 3.64. The van der Waals surface area contributed by atoms with E-state index in [-0.39, 0.29) is 5.82 Å². The molecular weight excluding hydrogens is 219 g/mol. The standard InChI is InChI=1S/C14H13FS/c1-16-10-11-3-2-4-13(9-11)12-5-7-14(15)8-6-12/h2-9H,10H2,1H3. The van der Waals surface area contributed by atoms with Crippen molar-refractivity contribution >= 4 is 11.8 Å². The van der Waals surface area contributed by atoms with Crippen LogP contribution in [0.3, 0.4) is 0 Å². The third-order valence-corrected chi connectivity index (χ3v) is 3.04. The molecule has 0 unspecified atom stereocenters. The van der Waals surface area contributed by atoms with Crippen LogP contribution in [0.2, 0.25) is 0 Å². The zero-order valence-electron chi connectivity index (χ0n) is 9.11. The average Bonchev–Trinajstić information content (AvgIpc) is 2.31. The Bertz CT molecular complexity index is 462. The molecule has 0 heterocycles. The van der Waals surface area contributed by atoms with Crippen molar-refractivity contribution in [3.05, 3.63) is 59.9 Å². The maximum absolute atomic E-state index is 12.8. The maximum Gasteiger partial charge on any atom is 0.123 e. The molecule has 2 aromatic rings. The van der Waals surface area contributed by atoms with Gasteiger partial charge in [-0.25, -0.2) is 4.39 Å². The lowest BCUT2D eigenvalue weighted by molar-refractivity contribution is 0.628. The van der Waals surface area contributed by atoms with Crippen molar-refractivity contribution < 1.29 is 4.39 Å². The van der Waals surface area contributed by atoms with E-state index in [0.717, 1.165) is 16.9 Å². The Morgan fingerprint density at radius 3 is 2.44 bits per heavy atom. The molecule has 0 spiro atoms. The quantitative estimate of drug-likeness (QED) is 0.758. The van der Waals surface area contributed by atoms with Crippen LogP contribution in [0.15, 0.2) is 48.5 Å². The van der Waals surface area contributed by atoms with Gasteiger partial charge < -0.3 is 0 Å². The average molecular weight is 232 g/mol. The van der Waals surface area contributed by atoms with Crippen LogP contribution in [0.5, 0.6) is 0 Å². The predicted molar refractivity (Wildman–Crippen MR) is 69.1 cm³/mol. The topological polar surface area (TPSA) is 0 Å². The zero-order chi connectivity index (χ0) is 11.4. The molecule has 0 saturated carbocycles. The normalized spacial score (nSPS) is 10.4. The Balaban J connectivity index is 2.32. The van der Waals surface area contributed by atoms with Crippen molar-refractivity contribution in [3.63, 3.8) is 0 Å². The first kappa shape index (κ1) is 11.2. The summed E-state index contributed by atoms with van der Waals surface area (Å²) in [5, 5.41) is 0. The predicted octanol–water partition coefficient (Wildman–Crippen LogP) is 4.36. The van der Waals surface area contributed by atoms with Crippen molar-refractivity contribution in [2.75, 3.05) is 6.26 Å². The van der Waals surface area contributed by atoms with Crippen LogP contribution in [0.4, 0.5) is 4.39 Å². The Morgan fingerprint density at radius 2 is 1.75 bits per heavy atom. The summed E-state index contributed by atoms with van der Waals surface area (Å²) >= 11 is 1.80. The van der Waals surface area contributed by atoms with E-state index in [1.54, 1.807) is 11.8 Å². The summed E-state index contributed by atoms with van der Waals surface area (Å²) in [7, 11) is 0. The molecule has 0 N–H and O–H groups in total. The first-order valence-corrected chi connectivity index (χ1v) is 6.53. The third kappa shape index (κ3) is 2.64. The van der Waals surface area contributed by atoms with Crippen molar-refractivity contribution in [2.24, 2.45) is 0 Å². The van der Waals surface area contributed by atoms with Gasteiger partial charge >= 0.3 is 0 Å². The van der Waals surface area contributed by atoms with Gasteiger partial charge in [-0.3, -0.25) is 0 Å². The van der Waals surface area contributed by atoms with E-state index in [4.69, 9.17) is 0 Å². The van der Waals surface area contributed by atoms with E-state index < -0.39 is 0 Å². The molecule has 0 aliphatic heterocycles. The molecule has 0 bridgehead atoms. The van der Waals surface area contributed by atoms with Crippen LogP contribution < -0.4 is 0 Å². The van der Waals surface area contributed by atoms with E-state index in [0.29, 0.717) is 0 Å². The van der Waals surface area contributed by atoms with E-state index in [1.807, 2.05) is 18.2 Å². The molecule has 0 aromatic heterocycles. The minimum Gasteiger partial charge on any atom is -0.207 e. The van der Waals surface area contributed by atoms with Gasteiger partial charge in [0.1, 0.15) is 5.82 Å². The summed E-state index contributed by atoms with van der Waals surface area (Å²) in [5.74, 6) is 0.818. The SMILES string of the molecule is CSCc1cccc(-c2ccc(F)cc2)c1. The molecule has 0 saturated heterocycles. The minimum atomic E-state index is -0.191. The molecule has 0 radical (unpaired) electrons. The number of rotatable bonds is 3. The largest absolute Gasteiger partial charge is 0.207 e. The molecule has 2 heteroatoms. The molecule has 0 atom stereocenters. The van der Waals surface area contributed by atoms with Gasteiger partial charge in [-0.05, 0) is 35.1 Å². The Labute approximate surface area is 99.5 Å². The number of thioether (sulfide) groups is 1. The van der Waals surface area contributed by atoms with E-state index in [9.17, 15) is 4.39 Å². The lowest BCUT2D eigenvalue weighted by Crippen LogP contribution is -1.83. The molecule has 0 aliphatic rings. The van der Waals surface area contributed by atoms with Crippen LogP contribution in [0.25, 0.3) is 11.1 Å². The van der Waals surface area contributed by atoms with Crippen LogP contribution >= 0.6 is 11.8 Å². The summed E-state index contributed by atoms with van der Waals surface area (Å²) in [4.78, 5) is 0. The Hall–Kier alpha value is -1.28. The maximum atomic E-state index is 12.8. The first-order chi connectivity index (χ1) is 7.79. The van der Waals surface area contributed by atoms with Crippen molar-refractivity contribution in [2.45, 2.75) is 5.75 Å². The third-order valence-electron chi connectivity index (χ3n) is 2.42. The van der Waals surface area contributed by atoms with Gasteiger partial charge in [-0.15, -0.1) is 0 Å². The summed E-state index contributed by atoms with van der Waals surface area (Å²) in [6.45, 7) is 0. The summed E-state index contributed by atoms with van der Waals surface area (Å²) < 4.78 is 12.8. The van der Waals surface area contributed by atoms with Crippen LogP contribution in [-0.2, 0) is 5.75 Å². The Morgan fingerprint density at radius 1 is 1.00 bits per heavy atom. The summed E-state index contributed by atoms with van der Waals surface area (Å²) in [6.07, 6.45) is 2.09. The number of halogens is 1. The highest BCUT2D eigenvalue weighted by atomic mass is 32.2. The monoisotopic (exact) mass is 232 g/mol. The lowest BCUT2D eigenvalue weighted by atomic mass is 10.0. The molecule has 2 aromatic carbocycles. The molecule has 82 valence electrons. The second-order valence-corrected chi connectivity index (χ2v) is 4.51. The molecule has 16 heavy (non-hydrogen) atoms. The van der Waals surface area contributed by atoms with E-state index in [2.05, 4.69) is 24.5 Å². The smallest absolute Gasteiger partial charge is 0.123 e. The molecule has 0 fully saturated rings. The number of hydrogen-bond donors (Lipinski definition) is 0. The van der Waals surface area contributed by atoms with Crippen molar-refractivity contribution in [3.8, 4) is 11.1 Å². The van der Waals surface area contributed by atoms with Gasteiger partial charge in [0, 0.05) is 5.75 Å². The Kier molecular flexibility index (Phi) is 3.62. The van der Waals surface area contributed by atoms with Gasteiger partial charge in [0.25, 0.3) is 0 Å². The van der Waals surface area contributed by atoms with Crippen LogP contribution in [0, 0.1) is 5.82 Å². The van der Waals surface area contributed by atoms with E-state index >= 15 is 0 Å². The highest BCUT2D eigenvalue weighted by molar-refractivity contribution is 7.97. The first-order valence-electron chi connectivity index (χ1n) is 5.13. The fourth-order valence-electron chi connectivity index (χ4n) is 1.65. The van der Waals surface area contributed by atoms with Gasteiger partial charge in [0.05, 0.1) is 0 Å². The summed E-state index contributed by atoms with van der Waals surface area (Å²) in [6, 6.07) is 15.0. The van der Waals surface area contributed by atoms with Gasteiger partial charge in [-0.2, -0.15) is 11.8 Å². The van der Waals surface area contributed by atoms with E-state index in [1.165, 1.54) is 17.7 Å². The number of hydrogen-bond acceptors (Lipinski definition) is 1.